The number of benzene rings is 3. The van der Waals surface area contributed by atoms with Crippen LogP contribution in [0.15, 0.2) is 0 Å². The first-order valence-electron chi connectivity index (χ1n) is 6.20. The molecule has 0 amide bonds. The van der Waals surface area contributed by atoms with Gasteiger partial charge in [-0.25, -0.2) is 39.5 Å². The highest BCUT2D eigenvalue weighted by Crippen LogP contribution is 2.40. The Morgan fingerprint density at radius 2 is 0.625 bits per heavy atom. The fourth-order valence-electron chi connectivity index (χ4n) is 2.58. The molecule has 0 saturated heterocycles. The number of aryl methyl sites for hydroxylation is 1. The molecule has 0 aliphatic rings. The van der Waals surface area contributed by atoms with Crippen molar-refractivity contribution in [3.63, 3.8) is 0 Å². The van der Waals surface area contributed by atoms with Crippen LogP contribution in [0.5, 0.6) is 0 Å². The minimum atomic E-state index is -2.46. The van der Waals surface area contributed by atoms with Crippen molar-refractivity contribution >= 4 is 21.5 Å². The van der Waals surface area contributed by atoms with E-state index in [-0.39, 0.29) is 0 Å². The monoisotopic (exact) mass is 354 g/mol. The van der Waals surface area contributed by atoms with Crippen LogP contribution in [0.1, 0.15) is 5.56 Å². The number of fused-ring (bicyclic) bond motifs is 3. The van der Waals surface area contributed by atoms with Gasteiger partial charge in [-0.05, 0) is 12.5 Å². The predicted octanol–water partition coefficient (Wildman–Crippen LogP) is 5.55. The highest BCUT2D eigenvalue weighted by Gasteiger charge is 2.31. The molecule has 0 fully saturated rings. The van der Waals surface area contributed by atoms with Crippen molar-refractivity contribution in [2.24, 2.45) is 0 Å². The summed E-state index contributed by atoms with van der Waals surface area (Å²) in [4.78, 5) is 0. The van der Waals surface area contributed by atoms with Crippen LogP contribution in [0.2, 0.25) is 0 Å². The molecule has 0 aliphatic heterocycles. The van der Waals surface area contributed by atoms with Gasteiger partial charge in [0.1, 0.15) is 0 Å². The highest BCUT2D eigenvalue weighted by atomic mass is 19.2. The Morgan fingerprint density at radius 3 is 1.12 bits per heavy atom. The Balaban J connectivity index is 2.87. The van der Waals surface area contributed by atoms with Crippen LogP contribution in [0.4, 0.5) is 39.5 Å². The smallest absolute Gasteiger partial charge is 0.198 e. The normalized spacial score (nSPS) is 11.8. The van der Waals surface area contributed by atoms with Gasteiger partial charge in [0.15, 0.2) is 52.4 Å². The van der Waals surface area contributed by atoms with Crippen LogP contribution in [0, 0.1) is 59.3 Å². The predicted molar refractivity (Wildman–Crippen MR) is 65.8 cm³/mol. The number of rotatable bonds is 0. The summed E-state index contributed by atoms with van der Waals surface area (Å²) >= 11 is 0. The molecule has 0 atom stereocenters. The van der Waals surface area contributed by atoms with Gasteiger partial charge in [-0.1, -0.05) is 0 Å². The second-order valence-corrected chi connectivity index (χ2v) is 4.95. The maximum absolute atomic E-state index is 14.1. The zero-order chi connectivity index (χ0) is 18.1. The molecular weight excluding hydrogens is 351 g/mol. The van der Waals surface area contributed by atoms with E-state index in [4.69, 9.17) is 0 Å². The summed E-state index contributed by atoms with van der Waals surface area (Å²) in [6, 6.07) is 0. The van der Waals surface area contributed by atoms with E-state index in [0.717, 1.165) is 6.92 Å². The summed E-state index contributed by atoms with van der Waals surface area (Å²) in [7, 11) is 0. The largest absolute Gasteiger partial charge is 0.203 e. The van der Waals surface area contributed by atoms with Crippen LogP contribution in [-0.4, -0.2) is 0 Å². The molecule has 0 spiro atoms. The zero-order valence-electron chi connectivity index (χ0n) is 11.4. The topological polar surface area (TPSA) is 0 Å². The molecule has 24 heavy (non-hydrogen) atoms. The lowest BCUT2D eigenvalue weighted by molar-refractivity contribution is 0.414. The van der Waals surface area contributed by atoms with E-state index in [2.05, 4.69) is 0 Å². The first kappa shape index (κ1) is 16.4. The molecule has 0 nitrogen and oxygen atoms in total. The lowest BCUT2D eigenvalue weighted by Crippen LogP contribution is -2.07. The van der Waals surface area contributed by atoms with Gasteiger partial charge < -0.3 is 0 Å². The molecule has 9 heteroatoms. The van der Waals surface area contributed by atoms with Crippen molar-refractivity contribution in [3.8, 4) is 0 Å². The lowest BCUT2D eigenvalue weighted by Gasteiger charge is -2.14. The van der Waals surface area contributed by atoms with E-state index in [0.29, 0.717) is 0 Å². The second kappa shape index (κ2) is 5.02. The Labute approximate surface area is 127 Å². The Kier molecular flexibility index (Phi) is 3.43. The number of hydrogen-bond acceptors (Lipinski definition) is 0. The minimum Gasteiger partial charge on any atom is -0.203 e. The summed E-state index contributed by atoms with van der Waals surface area (Å²) < 4.78 is 124. The van der Waals surface area contributed by atoms with Crippen LogP contribution in [-0.2, 0) is 0 Å². The fraction of sp³-hybridized carbons (Fsp3) is 0.0667. The average Bonchev–Trinajstić information content (AvgIpc) is 2.56. The Bertz CT molecular complexity index is 969. The van der Waals surface area contributed by atoms with E-state index in [1.54, 1.807) is 0 Å². The molecule has 0 aromatic heterocycles. The van der Waals surface area contributed by atoms with Crippen molar-refractivity contribution in [1.29, 1.82) is 0 Å². The van der Waals surface area contributed by atoms with Gasteiger partial charge >= 0.3 is 0 Å². The van der Waals surface area contributed by atoms with Gasteiger partial charge in [-0.3, -0.25) is 0 Å². The Hall–Kier alpha value is -2.45. The molecule has 126 valence electrons. The zero-order valence-corrected chi connectivity index (χ0v) is 11.4. The first-order chi connectivity index (χ1) is 11.1. The summed E-state index contributed by atoms with van der Waals surface area (Å²) in [6.45, 7) is 0.725. The van der Waals surface area contributed by atoms with E-state index >= 15 is 0 Å². The standard InChI is InChI=1S/C15H3F9/c1-2-3-4(9(18)13(22)7(2)16)5-6(11(20)8(3)17)12(21)15(24)14(23)10(5)19/h1H3. The fourth-order valence-corrected chi connectivity index (χ4v) is 2.58. The average molecular weight is 354 g/mol. The lowest BCUT2D eigenvalue weighted by atomic mass is 9.95. The molecule has 0 bridgehead atoms. The summed E-state index contributed by atoms with van der Waals surface area (Å²) in [5.74, 6) is -20.0. The molecule has 0 unspecified atom stereocenters. The van der Waals surface area contributed by atoms with Crippen LogP contribution < -0.4 is 0 Å². The molecule has 3 aromatic rings. The SMILES string of the molecule is Cc1c(F)c(F)c(F)c2c1c(F)c(F)c1c(F)c(F)c(F)c(F)c12. The first-order valence-corrected chi connectivity index (χ1v) is 6.20. The van der Waals surface area contributed by atoms with Gasteiger partial charge in [-0.2, -0.15) is 0 Å². The van der Waals surface area contributed by atoms with Crippen molar-refractivity contribution in [2.75, 3.05) is 0 Å². The third-order valence-electron chi connectivity index (χ3n) is 3.71. The second-order valence-electron chi connectivity index (χ2n) is 4.95. The molecule has 0 heterocycles. The van der Waals surface area contributed by atoms with Gasteiger partial charge in [0.2, 0.25) is 0 Å². The van der Waals surface area contributed by atoms with Gasteiger partial charge in [-0.15, -0.1) is 0 Å². The van der Waals surface area contributed by atoms with Crippen LogP contribution in [0.25, 0.3) is 21.5 Å². The van der Waals surface area contributed by atoms with Crippen LogP contribution in [0.3, 0.4) is 0 Å². The summed E-state index contributed by atoms with van der Waals surface area (Å²) in [5.41, 5.74) is -0.952. The molecule has 0 saturated carbocycles. The van der Waals surface area contributed by atoms with Crippen molar-refractivity contribution in [3.05, 3.63) is 57.9 Å². The van der Waals surface area contributed by atoms with E-state index < -0.39 is 79.5 Å². The quantitative estimate of drug-likeness (QED) is 0.215. The maximum Gasteiger partial charge on any atom is 0.198 e. The molecular formula is C15H3F9. The van der Waals surface area contributed by atoms with Crippen molar-refractivity contribution < 1.29 is 39.5 Å². The third-order valence-corrected chi connectivity index (χ3v) is 3.71. The van der Waals surface area contributed by atoms with Crippen LogP contribution >= 0.6 is 0 Å². The van der Waals surface area contributed by atoms with Crippen molar-refractivity contribution in [1.82, 2.24) is 0 Å². The maximum atomic E-state index is 14.1. The van der Waals surface area contributed by atoms with Gasteiger partial charge in [0.25, 0.3) is 0 Å². The molecule has 3 aromatic carbocycles. The number of hydrogen-bond donors (Lipinski definition) is 0. The highest BCUT2D eigenvalue weighted by molar-refractivity contribution is 6.10. The Morgan fingerprint density at radius 1 is 0.333 bits per heavy atom. The van der Waals surface area contributed by atoms with Gasteiger partial charge in [0, 0.05) is 16.2 Å². The molecule has 0 aliphatic carbocycles. The summed E-state index contributed by atoms with van der Waals surface area (Å²) in [5, 5.41) is -6.00. The van der Waals surface area contributed by atoms with Gasteiger partial charge in [0.05, 0.1) is 5.39 Å². The molecule has 0 radical (unpaired) electrons. The van der Waals surface area contributed by atoms with Crippen molar-refractivity contribution in [2.45, 2.75) is 6.92 Å². The minimum absolute atomic E-state index is 0.725. The van der Waals surface area contributed by atoms with E-state index in [1.807, 2.05) is 0 Å². The third kappa shape index (κ3) is 1.78. The summed E-state index contributed by atoms with van der Waals surface area (Å²) in [6.07, 6.45) is 0. The number of halogens is 9. The molecule has 3 rings (SSSR count). The molecule has 0 N–H and O–H groups in total. The van der Waals surface area contributed by atoms with E-state index in [1.165, 1.54) is 0 Å². The van der Waals surface area contributed by atoms with E-state index in [9.17, 15) is 39.5 Å².